The van der Waals surface area contributed by atoms with Crippen LogP contribution in [0, 0.1) is 6.92 Å². The average Bonchev–Trinajstić information content (AvgIpc) is 2.81. The smallest absolute Gasteiger partial charge is 0.227 e. The van der Waals surface area contributed by atoms with Crippen LogP contribution in [-0.2, 0) is 11.2 Å². The molecule has 1 heterocycles. The summed E-state index contributed by atoms with van der Waals surface area (Å²) in [4.78, 5) is 17.2. The zero-order valence-electron chi connectivity index (χ0n) is 12.9. The molecular weight excluding hydrogens is 318 g/mol. The highest BCUT2D eigenvalue weighted by Gasteiger charge is 2.11. The summed E-state index contributed by atoms with van der Waals surface area (Å²) in [6, 6.07) is 8.48. The highest BCUT2D eigenvalue weighted by molar-refractivity contribution is 7.16. The number of nitrogens with zero attached hydrogens (tertiary/aromatic N) is 1. The monoisotopic (exact) mass is 339 g/mol. The Balaban J connectivity index is 0.00000242. The van der Waals surface area contributed by atoms with E-state index in [1.54, 1.807) is 0 Å². The number of hydrogen-bond acceptors (Lipinski definition) is 4. The van der Waals surface area contributed by atoms with Gasteiger partial charge >= 0.3 is 0 Å². The number of halogens is 1. The average molecular weight is 340 g/mol. The highest BCUT2D eigenvalue weighted by atomic mass is 35.5. The van der Waals surface area contributed by atoms with E-state index in [0.29, 0.717) is 18.1 Å². The minimum Gasteiger partial charge on any atom is -0.330 e. The maximum Gasteiger partial charge on any atom is 0.227 e. The number of carbonyl (C=O) groups excluding carboxylic acids is 1. The van der Waals surface area contributed by atoms with Crippen LogP contribution in [0.5, 0.6) is 0 Å². The van der Waals surface area contributed by atoms with Crippen LogP contribution in [-0.4, -0.2) is 17.4 Å². The molecule has 2 rings (SSSR count). The highest BCUT2D eigenvalue weighted by Crippen LogP contribution is 2.30. The van der Waals surface area contributed by atoms with Gasteiger partial charge in [0.25, 0.3) is 0 Å². The molecule has 0 bridgehead atoms. The summed E-state index contributed by atoms with van der Waals surface area (Å²) in [5, 5.41) is 3.43. The number of anilines is 1. The molecule has 22 heavy (non-hydrogen) atoms. The maximum atomic E-state index is 11.6. The molecule has 1 aromatic heterocycles. The van der Waals surface area contributed by atoms with Crippen molar-refractivity contribution in [1.29, 1.82) is 0 Å². The van der Waals surface area contributed by atoms with Crippen molar-refractivity contribution < 1.29 is 4.79 Å². The molecular formula is C16H22ClN3OS. The third-order valence-electron chi connectivity index (χ3n) is 3.18. The third-order valence-corrected chi connectivity index (χ3v) is 4.07. The molecule has 4 nitrogen and oxygen atoms in total. The SMILES string of the molecule is CCCc1ccc(-c2nc(NC(=O)CCN)sc2C)cc1.Cl. The second-order valence-corrected chi connectivity index (χ2v) is 6.16. The zero-order chi connectivity index (χ0) is 15.2. The Labute approximate surface area is 141 Å². The van der Waals surface area contributed by atoms with E-state index in [9.17, 15) is 4.79 Å². The molecule has 0 atom stereocenters. The van der Waals surface area contributed by atoms with E-state index in [1.165, 1.54) is 16.9 Å². The van der Waals surface area contributed by atoms with Crippen LogP contribution in [0.3, 0.4) is 0 Å². The molecule has 0 aliphatic carbocycles. The lowest BCUT2D eigenvalue weighted by Crippen LogP contribution is -2.15. The fraction of sp³-hybridized carbons (Fsp3) is 0.375. The minimum atomic E-state index is -0.0870. The molecule has 3 N–H and O–H groups in total. The van der Waals surface area contributed by atoms with E-state index in [4.69, 9.17) is 5.73 Å². The van der Waals surface area contributed by atoms with Crippen molar-refractivity contribution in [1.82, 2.24) is 4.98 Å². The van der Waals surface area contributed by atoms with Gasteiger partial charge in [-0.25, -0.2) is 4.98 Å². The van der Waals surface area contributed by atoms with Crippen molar-refractivity contribution in [3.05, 3.63) is 34.7 Å². The number of benzene rings is 1. The number of nitrogens with two attached hydrogens (primary N) is 1. The number of nitrogens with one attached hydrogen (secondary N) is 1. The molecule has 0 unspecified atom stereocenters. The fourth-order valence-electron chi connectivity index (χ4n) is 2.15. The Morgan fingerprint density at radius 1 is 1.32 bits per heavy atom. The summed E-state index contributed by atoms with van der Waals surface area (Å²) >= 11 is 1.49. The van der Waals surface area contributed by atoms with E-state index in [0.717, 1.165) is 29.0 Å². The third kappa shape index (κ3) is 4.80. The summed E-state index contributed by atoms with van der Waals surface area (Å²) in [6.45, 7) is 4.54. The first-order valence-corrected chi connectivity index (χ1v) is 8.02. The van der Waals surface area contributed by atoms with E-state index in [-0.39, 0.29) is 18.3 Å². The molecule has 1 amide bonds. The first-order valence-electron chi connectivity index (χ1n) is 7.20. The van der Waals surface area contributed by atoms with Gasteiger partial charge in [0.1, 0.15) is 0 Å². The van der Waals surface area contributed by atoms with Crippen molar-refractivity contribution in [2.24, 2.45) is 5.73 Å². The lowest BCUT2D eigenvalue weighted by molar-refractivity contribution is -0.116. The van der Waals surface area contributed by atoms with Gasteiger partial charge in [0.2, 0.25) is 5.91 Å². The lowest BCUT2D eigenvalue weighted by atomic mass is 10.1. The predicted molar refractivity (Wildman–Crippen MR) is 95.8 cm³/mol. The van der Waals surface area contributed by atoms with E-state index in [1.807, 2.05) is 6.92 Å². The summed E-state index contributed by atoms with van der Waals surface area (Å²) < 4.78 is 0. The first kappa shape index (κ1) is 18.6. The maximum absolute atomic E-state index is 11.6. The van der Waals surface area contributed by atoms with Crippen molar-refractivity contribution >= 4 is 34.8 Å². The number of aromatic nitrogens is 1. The standard InChI is InChI=1S/C16H21N3OS.ClH/c1-3-4-12-5-7-13(8-6-12)15-11(2)21-16(19-15)18-14(20)9-10-17;/h5-8H,3-4,9-10,17H2,1-2H3,(H,18,19,20);1H. The van der Waals surface area contributed by atoms with Crippen molar-refractivity contribution in [3.63, 3.8) is 0 Å². The van der Waals surface area contributed by atoms with Crippen LogP contribution in [0.25, 0.3) is 11.3 Å². The molecule has 0 radical (unpaired) electrons. The summed E-state index contributed by atoms with van der Waals surface area (Å²) in [5.74, 6) is -0.0870. The molecule has 0 aliphatic heterocycles. The Kier molecular flexibility index (Phi) is 7.51. The topological polar surface area (TPSA) is 68.0 Å². The lowest BCUT2D eigenvalue weighted by Gasteiger charge is -2.02. The van der Waals surface area contributed by atoms with E-state index < -0.39 is 0 Å². The zero-order valence-corrected chi connectivity index (χ0v) is 14.5. The van der Waals surface area contributed by atoms with E-state index >= 15 is 0 Å². The Hall–Kier alpha value is -1.43. The number of thiazole rings is 1. The molecule has 2 aromatic rings. The van der Waals surface area contributed by atoms with Crippen molar-refractivity contribution in [3.8, 4) is 11.3 Å². The predicted octanol–water partition coefficient (Wildman–Crippen LogP) is 3.78. The van der Waals surface area contributed by atoms with Crippen LogP contribution >= 0.6 is 23.7 Å². The summed E-state index contributed by atoms with van der Waals surface area (Å²) in [7, 11) is 0. The minimum absolute atomic E-state index is 0. The molecule has 0 saturated heterocycles. The summed E-state index contributed by atoms with van der Waals surface area (Å²) in [6.07, 6.45) is 2.56. The van der Waals surface area contributed by atoms with Crippen LogP contribution < -0.4 is 11.1 Å². The van der Waals surface area contributed by atoms with Gasteiger partial charge < -0.3 is 11.1 Å². The van der Waals surface area contributed by atoms with Gasteiger partial charge in [0.15, 0.2) is 5.13 Å². The Morgan fingerprint density at radius 2 is 2.00 bits per heavy atom. The van der Waals surface area contributed by atoms with Gasteiger partial charge in [-0.3, -0.25) is 4.79 Å². The van der Waals surface area contributed by atoms with Gasteiger partial charge in [-0.2, -0.15) is 0 Å². The van der Waals surface area contributed by atoms with Crippen LogP contribution in [0.1, 0.15) is 30.2 Å². The van der Waals surface area contributed by atoms with Crippen molar-refractivity contribution in [2.45, 2.75) is 33.1 Å². The number of aryl methyl sites for hydroxylation is 2. The second kappa shape index (κ2) is 8.88. The number of amides is 1. The molecule has 0 spiro atoms. The quantitative estimate of drug-likeness (QED) is 0.841. The molecule has 1 aromatic carbocycles. The molecule has 0 saturated carbocycles. The van der Waals surface area contributed by atoms with E-state index in [2.05, 4.69) is 41.5 Å². The van der Waals surface area contributed by atoms with Gasteiger partial charge in [-0.1, -0.05) is 37.6 Å². The fourth-order valence-corrected chi connectivity index (χ4v) is 3.00. The normalized spacial score (nSPS) is 10.1. The second-order valence-electron chi connectivity index (χ2n) is 4.96. The first-order chi connectivity index (χ1) is 10.1. The Morgan fingerprint density at radius 3 is 2.59 bits per heavy atom. The largest absolute Gasteiger partial charge is 0.330 e. The number of carbonyl (C=O) groups is 1. The number of hydrogen-bond donors (Lipinski definition) is 2. The number of rotatable bonds is 6. The van der Waals surface area contributed by atoms with Crippen LogP contribution in [0.2, 0.25) is 0 Å². The molecule has 6 heteroatoms. The van der Waals surface area contributed by atoms with Gasteiger partial charge in [0, 0.05) is 23.4 Å². The van der Waals surface area contributed by atoms with Crippen LogP contribution in [0.4, 0.5) is 5.13 Å². The van der Waals surface area contributed by atoms with Crippen LogP contribution in [0.15, 0.2) is 24.3 Å². The van der Waals surface area contributed by atoms with Gasteiger partial charge in [-0.15, -0.1) is 23.7 Å². The molecule has 120 valence electrons. The van der Waals surface area contributed by atoms with Gasteiger partial charge in [0.05, 0.1) is 5.69 Å². The van der Waals surface area contributed by atoms with Crippen molar-refractivity contribution in [2.75, 3.05) is 11.9 Å². The Bertz CT molecular complexity index is 610. The van der Waals surface area contributed by atoms with Gasteiger partial charge in [-0.05, 0) is 18.9 Å². The molecule has 0 fully saturated rings. The molecule has 0 aliphatic rings. The summed E-state index contributed by atoms with van der Waals surface area (Å²) in [5.41, 5.74) is 8.73.